The van der Waals surface area contributed by atoms with Gasteiger partial charge in [0.1, 0.15) is 11.5 Å². The Labute approximate surface area is 253 Å². The molecule has 10 nitrogen and oxygen atoms in total. The molecule has 2 atom stereocenters. The minimum Gasteiger partial charge on any atom is -0.508 e. The van der Waals surface area contributed by atoms with Crippen molar-refractivity contribution >= 4 is 0 Å². The lowest BCUT2D eigenvalue weighted by Crippen LogP contribution is -2.46. The van der Waals surface area contributed by atoms with E-state index < -0.39 is 0 Å². The summed E-state index contributed by atoms with van der Waals surface area (Å²) in [4.78, 5) is 10.2. The molecule has 5 rings (SSSR count). The second-order valence-corrected chi connectivity index (χ2v) is 11.6. The van der Waals surface area contributed by atoms with Gasteiger partial charge in [-0.25, -0.2) is 0 Å². The number of hydrogen-bond acceptors (Lipinski definition) is 10. The molecule has 0 amide bonds. The highest BCUT2D eigenvalue weighted by atomic mass is 16.3. The molecule has 3 aliphatic rings. The molecule has 3 heterocycles. The van der Waals surface area contributed by atoms with Crippen LogP contribution in [0.25, 0.3) is 0 Å². The first-order chi connectivity index (χ1) is 20.6. The lowest BCUT2D eigenvalue weighted by Gasteiger charge is -2.30. The molecule has 2 bridgehead atoms. The third-order valence-electron chi connectivity index (χ3n) is 8.21. The number of aromatic hydroxyl groups is 2. The summed E-state index contributed by atoms with van der Waals surface area (Å²) in [6.45, 7) is 19.4. The molecular weight excluding hydrogens is 528 g/mol. The van der Waals surface area contributed by atoms with Crippen molar-refractivity contribution in [1.29, 1.82) is 0 Å². The first kappa shape index (κ1) is 32.6. The first-order valence-electron chi connectivity index (χ1n) is 15.9. The van der Waals surface area contributed by atoms with E-state index in [1.165, 1.54) is 0 Å². The molecule has 0 saturated carbocycles. The molecule has 10 heteroatoms. The molecule has 0 radical (unpaired) electrons. The number of hydrogen-bond donors (Lipinski definition) is 6. The fraction of sp³-hybridized carbons (Fsp3) is 0.625. The normalized spacial score (nSPS) is 24.2. The highest BCUT2D eigenvalue weighted by Gasteiger charge is 2.14. The van der Waals surface area contributed by atoms with Crippen molar-refractivity contribution in [2.75, 3.05) is 118 Å². The maximum Gasteiger partial charge on any atom is 0.115 e. The molecule has 6 N–H and O–H groups in total. The van der Waals surface area contributed by atoms with Crippen molar-refractivity contribution in [3.63, 3.8) is 0 Å². The Morgan fingerprint density at radius 2 is 0.833 bits per heavy atom. The van der Waals surface area contributed by atoms with E-state index in [-0.39, 0.29) is 0 Å². The zero-order valence-electron chi connectivity index (χ0n) is 25.4. The van der Waals surface area contributed by atoms with E-state index in [9.17, 15) is 10.2 Å². The zero-order valence-corrected chi connectivity index (χ0v) is 25.4. The number of phenols is 2. The molecule has 0 spiro atoms. The van der Waals surface area contributed by atoms with Crippen LogP contribution in [0.3, 0.4) is 0 Å². The van der Waals surface area contributed by atoms with E-state index in [2.05, 4.69) is 53.0 Å². The second kappa shape index (κ2) is 19.1. The van der Waals surface area contributed by atoms with Crippen LogP contribution in [0.2, 0.25) is 0 Å². The van der Waals surface area contributed by atoms with Gasteiger partial charge in [0.05, 0.1) is 0 Å². The average Bonchev–Trinajstić information content (AvgIpc) is 2.97. The summed E-state index contributed by atoms with van der Waals surface area (Å²) < 4.78 is 0. The fourth-order valence-electron chi connectivity index (χ4n) is 5.70. The van der Waals surface area contributed by atoms with Gasteiger partial charge in [0.2, 0.25) is 0 Å². The Bertz CT molecular complexity index is 932. The third-order valence-corrected chi connectivity index (χ3v) is 8.21. The molecule has 42 heavy (non-hydrogen) atoms. The molecule has 2 aromatic rings. The lowest BCUT2D eigenvalue weighted by molar-refractivity contribution is 0.183. The van der Waals surface area contributed by atoms with Crippen LogP contribution in [0.1, 0.15) is 11.1 Å². The Hall–Kier alpha value is -2.28. The van der Waals surface area contributed by atoms with E-state index in [1.807, 2.05) is 24.3 Å². The molecule has 0 aliphatic carbocycles. The summed E-state index contributed by atoms with van der Waals surface area (Å²) in [5.74, 6) is 0.671. The van der Waals surface area contributed by atoms with Gasteiger partial charge in [-0.05, 0) is 35.4 Å². The number of nitrogens with zero attached hydrogens (tertiary/aromatic N) is 4. The summed E-state index contributed by atoms with van der Waals surface area (Å²) in [6, 6.07) is 15.4. The van der Waals surface area contributed by atoms with Crippen molar-refractivity contribution in [2.45, 2.75) is 13.1 Å². The van der Waals surface area contributed by atoms with Crippen LogP contribution in [-0.4, -0.2) is 148 Å². The van der Waals surface area contributed by atoms with E-state index in [0.29, 0.717) is 11.5 Å². The van der Waals surface area contributed by atoms with Gasteiger partial charge in [0.25, 0.3) is 0 Å². The second-order valence-electron chi connectivity index (χ2n) is 11.6. The SMILES string of the molecule is Oc1cccc(CN2CCNCCN3CCNCCNCCN(CCNCCN(Cc4cccc(O)c4)CC3)CC2)c1. The largest absolute Gasteiger partial charge is 0.508 e. The van der Waals surface area contributed by atoms with E-state index in [4.69, 9.17) is 0 Å². The van der Waals surface area contributed by atoms with Gasteiger partial charge in [-0.1, -0.05) is 24.3 Å². The van der Waals surface area contributed by atoms with Crippen LogP contribution in [0, 0.1) is 0 Å². The number of rotatable bonds is 4. The maximum atomic E-state index is 10.0. The zero-order chi connectivity index (χ0) is 29.2. The number of benzene rings is 2. The molecule has 3 saturated heterocycles. The molecule has 2 unspecified atom stereocenters. The first-order valence-corrected chi connectivity index (χ1v) is 15.9. The summed E-state index contributed by atoms with van der Waals surface area (Å²) in [5.41, 5.74) is 2.31. The predicted molar refractivity (Wildman–Crippen MR) is 171 cm³/mol. The Balaban J connectivity index is 1.44. The Morgan fingerprint density at radius 3 is 1.24 bits per heavy atom. The summed E-state index contributed by atoms with van der Waals surface area (Å²) in [6.07, 6.45) is 0. The van der Waals surface area contributed by atoms with Gasteiger partial charge in [-0.3, -0.25) is 19.6 Å². The van der Waals surface area contributed by atoms with Crippen LogP contribution in [0.4, 0.5) is 0 Å². The Kier molecular flexibility index (Phi) is 14.8. The number of phenolic OH excluding ortho intramolecular Hbond substituents is 2. The number of nitrogens with one attached hydrogen (secondary N) is 4. The molecule has 3 aliphatic heterocycles. The molecule has 3 fully saturated rings. The topological polar surface area (TPSA) is 102 Å². The quantitative estimate of drug-likeness (QED) is 0.304. The summed E-state index contributed by atoms with van der Waals surface area (Å²) in [5, 5.41) is 34.7. The van der Waals surface area contributed by atoms with Gasteiger partial charge in [-0.15, -0.1) is 0 Å². The average molecular weight is 583 g/mol. The fourth-order valence-corrected chi connectivity index (χ4v) is 5.70. The Morgan fingerprint density at radius 1 is 0.452 bits per heavy atom. The van der Waals surface area contributed by atoms with Gasteiger partial charge in [0, 0.05) is 131 Å². The number of fused-ring (bicyclic) bond motifs is 21. The van der Waals surface area contributed by atoms with E-state index in [0.717, 1.165) is 142 Å². The third kappa shape index (κ3) is 12.9. The van der Waals surface area contributed by atoms with E-state index >= 15 is 0 Å². The summed E-state index contributed by atoms with van der Waals surface area (Å²) >= 11 is 0. The standard InChI is InChI=1S/C32H54N8O2/c41-31-5-1-3-29(25-31)27-39-19-13-35-11-18-38-16-10-34-8-7-33-9-15-37(21-23-39)17-12-36-14-20-40(24-22-38)28-30-4-2-6-32(42)26-30/h1-6,25-26,33-36,41-42H,7-24,27-28H2. The highest BCUT2D eigenvalue weighted by Crippen LogP contribution is 2.14. The minimum absolute atomic E-state index is 0.335. The van der Waals surface area contributed by atoms with E-state index in [1.54, 1.807) is 12.1 Å². The van der Waals surface area contributed by atoms with Crippen LogP contribution < -0.4 is 21.3 Å². The van der Waals surface area contributed by atoms with Crippen molar-refractivity contribution in [3.05, 3.63) is 59.7 Å². The molecule has 2 aromatic carbocycles. The molecular formula is C32H54N8O2. The monoisotopic (exact) mass is 582 g/mol. The van der Waals surface area contributed by atoms with Crippen LogP contribution in [-0.2, 0) is 13.1 Å². The molecule has 234 valence electrons. The predicted octanol–water partition coefficient (Wildman–Crippen LogP) is 0.392. The van der Waals surface area contributed by atoms with Crippen molar-refractivity contribution < 1.29 is 10.2 Å². The lowest BCUT2D eigenvalue weighted by atomic mass is 10.2. The molecule has 0 aromatic heterocycles. The van der Waals surface area contributed by atoms with Crippen LogP contribution in [0.15, 0.2) is 48.5 Å². The van der Waals surface area contributed by atoms with Gasteiger partial charge in [0.15, 0.2) is 0 Å². The van der Waals surface area contributed by atoms with Crippen LogP contribution >= 0.6 is 0 Å². The van der Waals surface area contributed by atoms with Gasteiger partial charge >= 0.3 is 0 Å². The van der Waals surface area contributed by atoms with Crippen molar-refractivity contribution in [2.24, 2.45) is 0 Å². The van der Waals surface area contributed by atoms with Crippen LogP contribution in [0.5, 0.6) is 11.5 Å². The van der Waals surface area contributed by atoms with Gasteiger partial charge < -0.3 is 31.5 Å². The van der Waals surface area contributed by atoms with Crippen molar-refractivity contribution in [1.82, 2.24) is 40.9 Å². The van der Waals surface area contributed by atoms with Crippen molar-refractivity contribution in [3.8, 4) is 11.5 Å². The highest BCUT2D eigenvalue weighted by molar-refractivity contribution is 5.27. The summed E-state index contributed by atoms with van der Waals surface area (Å²) in [7, 11) is 0. The minimum atomic E-state index is 0.335. The maximum absolute atomic E-state index is 10.0. The van der Waals surface area contributed by atoms with Gasteiger partial charge in [-0.2, -0.15) is 0 Å². The smallest absolute Gasteiger partial charge is 0.115 e.